The van der Waals surface area contributed by atoms with E-state index in [0.29, 0.717) is 0 Å². The lowest BCUT2D eigenvalue weighted by atomic mass is 9.98. The van der Waals surface area contributed by atoms with Gasteiger partial charge >= 0.3 is 0 Å². The first kappa shape index (κ1) is 13.2. The Balaban J connectivity index is 0. The number of hydrogen-bond acceptors (Lipinski definition) is 0. The van der Waals surface area contributed by atoms with E-state index in [0.717, 1.165) is 12.3 Å². The molecule has 0 unspecified atom stereocenters. The lowest BCUT2D eigenvalue weighted by Gasteiger charge is -2.07. The Morgan fingerprint density at radius 3 is 2.09 bits per heavy atom. The first-order chi connectivity index (χ1) is 5.35. The largest absolute Gasteiger partial charge is 0.120 e. The van der Waals surface area contributed by atoms with E-state index >= 15 is 0 Å². The average Bonchev–Trinajstić information content (AvgIpc) is 2.08. The molecule has 11 heavy (non-hydrogen) atoms. The molecule has 0 saturated heterocycles. The third-order valence-corrected chi connectivity index (χ3v) is 1.68. The van der Waals surface area contributed by atoms with Gasteiger partial charge < -0.3 is 0 Å². The molecular weight excluding hydrogens is 132 g/mol. The van der Waals surface area contributed by atoms with Gasteiger partial charge in [-0.25, -0.2) is 0 Å². The van der Waals surface area contributed by atoms with Gasteiger partial charge in [-0.05, 0) is 12.3 Å². The van der Waals surface area contributed by atoms with Crippen molar-refractivity contribution in [3.05, 3.63) is 0 Å². The van der Waals surface area contributed by atoms with Gasteiger partial charge in [-0.3, -0.25) is 0 Å². The van der Waals surface area contributed by atoms with E-state index in [4.69, 9.17) is 6.42 Å². The summed E-state index contributed by atoms with van der Waals surface area (Å²) in [6, 6.07) is 0. The van der Waals surface area contributed by atoms with Gasteiger partial charge in [0.05, 0.1) is 0 Å². The zero-order valence-electron chi connectivity index (χ0n) is 8.48. The summed E-state index contributed by atoms with van der Waals surface area (Å²) in [5, 5.41) is 0. The third kappa shape index (κ3) is 9.56. The Hall–Kier alpha value is -0.440. The molecule has 0 bridgehead atoms. The van der Waals surface area contributed by atoms with Gasteiger partial charge in [-0.2, -0.15) is 0 Å². The van der Waals surface area contributed by atoms with Crippen LogP contribution in [0, 0.1) is 18.3 Å². The highest BCUT2D eigenvalue weighted by Crippen LogP contribution is 2.13. The summed E-state index contributed by atoms with van der Waals surface area (Å²) in [4.78, 5) is 0. The maximum Gasteiger partial charge on any atom is 0.0114 e. The molecule has 0 aliphatic heterocycles. The quantitative estimate of drug-likeness (QED) is 0.539. The molecule has 0 fully saturated rings. The van der Waals surface area contributed by atoms with Crippen LogP contribution >= 0.6 is 0 Å². The van der Waals surface area contributed by atoms with Crippen molar-refractivity contribution < 1.29 is 0 Å². The van der Waals surface area contributed by atoms with Crippen LogP contribution in [0.1, 0.15) is 53.4 Å². The summed E-state index contributed by atoms with van der Waals surface area (Å²) in [7, 11) is 0. The molecule has 66 valence electrons. The van der Waals surface area contributed by atoms with Crippen molar-refractivity contribution in [2.45, 2.75) is 53.4 Å². The summed E-state index contributed by atoms with van der Waals surface area (Å²) in [5.41, 5.74) is 0. The normalized spacial score (nSPS) is 10.8. The minimum atomic E-state index is 0.778. The fourth-order valence-corrected chi connectivity index (χ4v) is 1.03. The summed E-state index contributed by atoms with van der Waals surface area (Å²) < 4.78 is 0. The molecule has 0 aliphatic carbocycles. The summed E-state index contributed by atoms with van der Waals surface area (Å²) in [6.45, 7) is 8.41. The van der Waals surface area contributed by atoms with Crippen molar-refractivity contribution in [3.8, 4) is 12.3 Å². The smallest absolute Gasteiger partial charge is 0.0114 e. The van der Waals surface area contributed by atoms with Crippen molar-refractivity contribution >= 4 is 0 Å². The Morgan fingerprint density at radius 2 is 1.82 bits per heavy atom. The molecule has 0 heterocycles. The molecular formula is C11H22. The Morgan fingerprint density at radius 1 is 1.27 bits per heavy atom. The highest BCUT2D eigenvalue weighted by atomic mass is 14.1. The van der Waals surface area contributed by atoms with E-state index in [2.05, 4.69) is 19.8 Å². The van der Waals surface area contributed by atoms with Crippen molar-refractivity contribution in [1.29, 1.82) is 0 Å². The van der Waals surface area contributed by atoms with Gasteiger partial charge in [0.25, 0.3) is 0 Å². The van der Waals surface area contributed by atoms with Crippen molar-refractivity contribution in [1.82, 2.24) is 0 Å². The first-order valence-electron chi connectivity index (χ1n) is 4.78. The molecule has 0 spiro atoms. The topological polar surface area (TPSA) is 0 Å². The van der Waals surface area contributed by atoms with Crippen LogP contribution in [0.25, 0.3) is 0 Å². The zero-order chi connectivity index (χ0) is 9.11. The standard InChI is InChI=1S/C9H16.C2H6/c1-4-7-9(6-3)8-5-2;1-2/h1,9H,5-8H2,2-3H3;1-2H3/t9-;/m0./s1. The molecule has 0 nitrogen and oxygen atoms in total. The highest BCUT2D eigenvalue weighted by Gasteiger charge is 2.00. The second-order valence-corrected chi connectivity index (χ2v) is 2.47. The number of terminal acetylenes is 1. The summed E-state index contributed by atoms with van der Waals surface area (Å²) in [5.74, 6) is 3.48. The van der Waals surface area contributed by atoms with Gasteiger partial charge in [-0.1, -0.05) is 40.5 Å². The molecule has 0 aliphatic rings. The lowest BCUT2D eigenvalue weighted by Crippen LogP contribution is -1.95. The molecule has 0 amide bonds. The molecule has 0 N–H and O–H groups in total. The second-order valence-electron chi connectivity index (χ2n) is 2.47. The first-order valence-corrected chi connectivity index (χ1v) is 4.78. The maximum absolute atomic E-state index is 5.19. The van der Waals surface area contributed by atoms with Crippen LogP contribution in [-0.2, 0) is 0 Å². The van der Waals surface area contributed by atoms with Crippen LogP contribution in [-0.4, -0.2) is 0 Å². The molecule has 0 aromatic heterocycles. The van der Waals surface area contributed by atoms with Crippen LogP contribution in [0.2, 0.25) is 0 Å². The van der Waals surface area contributed by atoms with Crippen LogP contribution < -0.4 is 0 Å². The fourth-order valence-electron chi connectivity index (χ4n) is 1.03. The van der Waals surface area contributed by atoms with Crippen molar-refractivity contribution in [2.75, 3.05) is 0 Å². The van der Waals surface area contributed by atoms with E-state index in [-0.39, 0.29) is 0 Å². The molecule has 0 heteroatoms. The van der Waals surface area contributed by atoms with Crippen LogP contribution in [0.3, 0.4) is 0 Å². The molecule has 0 aromatic carbocycles. The summed E-state index contributed by atoms with van der Waals surface area (Å²) in [6.07, 6.45) is 9.94. The molecule has 1 atom stereocenters. The fraction of sp³-hybridized carbons (Fsp3) is 0.818. The Kier molecular flexibility index (Phi) is 14.7. The van der Waals surface area contributed by atoms with Crippen molar-refractivity contribution in [3.63, 3.8) is 0 Å². The van der Waals surface area contributed by atoms with Gasteiger partial charge in [-0.15, -0.1) is 12.3 Å². The van der Waals surface area contributed by atoms with Crippen LogP contribution in [0.15, 0.2) is 0 Å². The van der Waals surface area contributed by atoms with E-state index < -0.39 is 0 Å². The van der Waals surface area contributed by atoms with E-state index in [1.807, 2.05) is 13.8 Å². The molecule has 0 rings (SSSR count). The highest BCUT2D eigenvalue weighted by molar-refractivity contribution is 4.86. The molecule has 0 radical (unpaired) electrons. The SMILES string of the molecule is C#CC[C@H](CC)CCC.CC. The average molecular weight is 154 g/mol. The Labute approximate surface area is 72.4 Å². The molecule has 0 aromatic rings. The lowest BCUT2D eigenvalue weighted by molar-refractivity contribution is 0.476. The van der Waals surface area contributed by atoms with Crippen LogP contribution in [0.5, 0.6) is 0 Å². The van der Waals surface area contributed by atoms with Gasteiger partial charge in [0.15, 0.2) is 0 Å². The van der Waals surface area contributed by atoms with Gasteiger partial charge in [0, 0.05) is 6.42 Å². The number of hydrogen-bond donors (Lipinski definition) is 0. The summed E-state index contributed by atoms with van der Waals surface area (Å²) >= 11 is 0. The maximum atomic E-state index is 5.19. The van der Waals surface area contributed by atoms with E-state index in [1.165, 1.54) is 19.3 Å². The van der Waals surface area contributed by atoms with Crippen LogP contribution in [0.4, 0.5) is 0 Å². The monoisotopic (exact) mass is 154 g/mol. The molecule has 0 saturated carbocycles. The third-order valence-electron chi connectivity index (χ3n) is 1.68. The van der Waals surface area contributed by atoms with E-state index in [9.17, 15) is 0 Å². The zero-order valence-corrected chi connectivity index (χ0v) is 8.48. The second kappa shape index (κ2) is 12.3. The minimum Gasteiger partial charge on any atom is -0.120 e. The predicted octanol–water partition coefficient (Wildman–Crippen LogP) is 3.86. The number of rotatable bonds is 4. The van der Waals surface area contributed by atoms with E-state index in [1.54, 1.807) is 0 Å². The van der Waals surface area contributed by atoms with Gasteiger partial charge in [0.1, 0.15) is 0 Å². The minimum absolute atomic E-state index is 0.778. The Bertz CT molecular complexity index is 86.7. The predicted molar refractivity (Wildman–Crippen MR) is 53.5 cm³/mol. The van der Waals surface area contributed by atoms with Crippen molar-refractivity contribution in [2.24, 2.45) is 5.92 Å². The van der Waals surface area contributed by atoms with Gasteiger partial charge in [0.2, 0.25) is 0 Å².